The Morgan fingerprint density at radius 1 is 1.30 bits per heavy atom. The molecule has 0 spiro atoms. The van der Waals surface area contributed by atoms with Gasteiger partial charge in [0.25, 0.3) is 0 Å². The molecule has 0 aliphatic rings. The van der Waals surface area contributed by atoms with Crippen molar-refractivity contribution in [2.45, 2.75) is 38.1 Å². The van der Waals surface area contributed by atoms with Crippen LogP contribution in [0.3, 0.4) is 0 Å². The highest BCUT2D eigenvalue weighted by molar-refractivity contribution is 7.89. The first-order valence-corrected chi connectivity index (χ1v) is 7.73. The summed E-state index contributed by atoms with van der Waals surface area (Å²) in [5, 5.41) is 0. The van der Waals surface area contributed by atoms with Crippen LogP contribution in [0.1, 0.15) is 27.2 Å². The second kappa shape index (κ2) is 6.15. The van der Waals surface area contributed by atoms with Crippen molar-refractivity contribution in [3.8, 4) is 0 Å². The summed E-state index contributed by atoms with van der Waals surface area (Å²) in [6, 6.07) is 1.86. The third kappa shape index (κ3) is 4.22. The zero-order valence-electron chi connectivity index (χ0n) is 11.8. The van der Waals surface area contributed by atoms with E-state index in [-0.39, 0.29) is 6.54 Å². The van der Waals surface area contributed by atoms with Gasteiger partial charge in [0, 0.05) is 6.04 Å². The highest BCUT2D eigenvalue weighted by atomic mass is 32.2. The zero-order chi connectivity index (χ0) is 15.6. The second-order valence-corrected chi connectivity index (χ2v) is 7.37. The molecule has 0 fully saturated rings. The van der Waals surface area contributed by atoms with Crippen molar-refractivity contribution in [3.05, 3.63) is 29.8 Å². The molecule has 0 radical (unpaired) electrons. The first-order valence-electron chi connectivity index (χ1n) is 6.25. The fourth-order valence-corrected chi connectivity index (χ4v) is 3.33. The predicted octanol–water partition coefficient (Wildman–Crippen LogP) is 2.01. The molecular formula is C13H20F2N2O2S. The van der Waals surface area contributed by atoms with E-state index in [1.807, 2.05) is 20.8 Å². The fourth-order valence-electron chi connectivity index (χ4n) is 1.77. The molecule has 4 nitrogen and oxygen atoms in total. The van der Waals surface area contributed by atoms with Crippen molar-refractivity contribution in [3.63, 3.8) is 0 Å². The minimum absolute atomic E-state index is 0.288. The monoisotopic (exact) mass is 306 g/mol. The molecule has 114 valence electrons. The molecule has 0 aliphatic carbocycles. The molecule has 0 heterocycles. The molecule has 0 saturated heterocycles. The third-order valence-corrected chi connectivity index (χ3v) is 4.47. The van der Waals surface area contributed by atoms with Gasteiger partial charge in [0.1, 0.15) is 16.5 Å². The highest BCUT2D eigenvalue weighted by Gasteiger charge is 2.30. The van der Waals surface area contributed by atoms with E-state index in [0.29, 0.717) is 12.5 Å². The van der Waals surface area contributed by atoms with Gasteiger partial charge in [-0.2, -0.15) is 0 Å². The Bertz CT molecular complexity index is 568. The van der Waals surface area contributed by atoms with Crippen LogP contribution in [0.2, 0.25) is 0 Å². The number of hydrogen-bond donors (Lipinski definition) is 2. The summed E-state index contributed by atoms with van der Waals surface area (Å²) in [6.45, 7) is 5.82. The van der Waals surface area contributed by atoms with Crippen LogP contribution >= 0.6 is 0 Å². The van der Waals surface area contributed by atoms with Crippen molar-refractivity contribution in [1.29, 1.82) is 0 Å². The van der Waals surface area contributed by atoms with E-state index in [9.17, 15) is 17.2 Å². The number of halogens is 2. The van der Waals surface area contributed by atoms with Crippen LogP contribution in [0.4, 0.5) is 8.78 Å². The van der Waals surface area contributed by atoms with E-state index in [1.54, 1.807) is 0 Å². The van der Waals surface area contributed by atoms with Gasteiger partial charge in [-0.05, 0) is 36.6 Å². The summed E-state index contributed by atoms with van der Waals surface area (Å²) in [5.74, 6) is -1.79. The van der Waals surface area contributed by atoms with Crippen molar-refractivity contribution >= 4 is 10.0 Å². The maximum atomic E-state index is 13.6. The zero-order valence-corrected chi connectivity index (χ0v) is 12.6. The van der Waals surface area contributed by atoms with Gasteiger partial charge < -0.3 is 5.73 Å². The van der Waals surface area contributed by atoms with Crippen LogP contribution in [-0.2, 0) is 10.0 Å². The first kappa shape index (κ1) is 17.0. The van der Waals surface area contributed by atoms with E-state index in [0.717, 1.165) is 12.1 Å². The molecule has 1 rings (SSSR count). The molecule has 1 aromatic rings. The summed E-state index contributed by atoms with van der Waals surface area (Å²) in [6.07, 6.45) is 0.402. The van der Waals surface area contributed by atoms with Crippen molar-refractivity contribution in [1.82, 2.24) is 4.72 Å². The normalized spacial score (nSPS) is 14.3. The lowest BCUT2D eigenvalue weighted by Gasteiger charge is -2.31. The average Bonchev–Trinajstić information content (AvgIpc) is 2.30. The Hall–Kier alpha value is -1.05. The van der Waals surface area contributed by atoms with Gasteiger partial charge in [-0.3, -0.25) is 0 Å². The Morgan fingerprint density at radius 3 is 2.40 bits per heavy atom. The standard InChI is InChI=1S/C13H20F2N2O2S/c1-13(2,3)12(6-7-16)17-20(18,19)11-8-9(14)4-5-10(11)15/h4-5,8,12,17H,6-7,16H2,1-3H3. The lowest BCUT2D eigenvalue weighted by Crippen LogP contribution is -2.45. The van der Waals surface area contributed by atoms with Crippen LogP contribution in [-0.4, -0.2) is 21.0 Å². The molecule has 1 atom stereocenters. The van der Waals surface area contributed by atoms with Crippen LogP contribution in [0.5, 0.6) is 0 Å². The third-order valence-electron chi connectivity index (χ3n) is 2.98. The average molecular weight is 306 g/mol. The Kier molecular flexibility index (Phi) is 5.23. The fraction of sp³-hybridized carbons (Fsp3) is 0.538. The molecule has 20 heavy (non-hydrogen) atoms. The van der Waals surface area contributed by atoms with E-state index in [2.05, 4.69) is 4.72 Å². The highest BCUT2D eigenvalue weighted by Crippen LogP contribution is 2.24. The topological polar surface area (TPSA) is 72.2 Å². The number of sulfonamides is 1. The Labute approximate surface area is 118 Å². The van der Waals surface area contributed by atoms with Crippen LogP contribution in [0.25, 0.3) is 0 Å². The molecule has 0 aromatic heterocycles. The van der Waals surface area contributed by atoms with Gasteiger partial charge in [0.05, 0.1) is 0 Å². The summed E-state index contributed by atoms with van der Waals surface area (Å²) < 4.78 is 53.5. The van der Waals surface area contributed by atoms with Gasteiger partial charge in [-0.25, -0.2) is 21.9 Å². The van der Waals surface area contributed by atoms with Gasteiger partial charge in [-0.15, -0.1) is 0 Å². The quantitative estimate of drug-likeness (QED) is 0.874. The minimum Gasteiger partial charge on any atom is -0.330 e. The smallest absolute Gasteiger partial charge is 0.243 e. The lowest BCUT2D eigenvalue weighted by atomic mass is 9.85. The maximum Gasteiger partial charge on any atom is 0.243 e. The molecule has 0 saturated carbocycles. The predicted molar refractivity (Wildman–Crippen MR) is 73.6 cm³/mol. The van der Waals surface area contributed by atoms with Crippen molar-refractivity contribution in [2.75, 3.05) is 6.54 Å². The SMILES string of the molecule is CC(C)(C)C(CCN)NS(=O)(=O)c1cc(F)ccc1F. The molecule has 0 bridgehead atoms. The number of hydrogen-bond acceptors (Lipinski definition) is 3. The van der Waals surface area contributed by atoms with Crippen molar-refractivity contribution < 1.29 is 17.2 Å². The number of benzene rings is 1. The minimum atomic E-state index is -4.14. The summed E-state index contributed by atoms with van der Waals surface area (Å²) in [7, 11) is -4.14. The summed E-state index contributed by atoms with van der Waals surface area (Å²) in [4.78, 5) is -0.691. The first-order chi connectivity index (χ1) is 9.08. The summed E-state index contributed by atoms with van der Waals surface area (Å²) >= 11 is 0. The van der Waals surface area contributed by atoms with Gasteiger partial charge in [0.2, 0.25) is 10.0 Å². The Morgan fingerprint density at radius 2 is 1.90 bits per heavy atom. The van der Waals surface area contributed by atoms with Gasteiger partial charge in [0.15, 0.2) is 0 Å². The largest absolute Gasteiger partial charge is 0.330 e. The molecule has 1 aromatic carbocycles. The molecule has 3 N–H and O–H groups in total. The molecular weight excluding hydrogens is 286 g/mol. The molecule has 0 aliphatic heterocycles. The van der Waals surface area contributed by atoms with E-state index < -0.39 is 38.0 Å². The number of nitrogens with two attached hydrogens (primary N) is 1. The molecule has 1 unspecified atom stereocenters. The maximum absolute atomic E-state index is 13.6. The van der Waals surface area contributed by atoms with Gasteiger partial charge in [-0.1, -0.05) is 20.8 Å². The van der Waals surface area contributed by atoms with Crippen molar-refractivity contribution in [2.24, 2.45) is 11.1 Å². The number of rotatable bonds is 5. The van der Waals surface area contributed by atoms with E-state index >= 15 is 0 Å². The van der Waals surface area contributed by atoms with E-state index in [1.165, 1.54) is 0 Å². The van der Waals surface area contributed by atoms with Crippen LogP contribution in [0.15, 0.2) is 23.1 Å². The molecule has 0 amide bonds. The van der Waals surface area contributed by atoms with E-state index in [4.69, 9.17) is 5.73 Å². The van der Waals surface area contributed by atoms with Crippen LogP contribution in [0, 0.1) is 17.0 Å². The van der Waals surface area contributed by atoms with Crippen LogP contribution < -0.4 is 10.5 Å². The Balaban J connectivity index is 3.13. The molecule has 7 heteroatoms. The number of nitrogens with one attached hydrogen (secondary N) is 1. The van der Waals surface area contributed by atoms with Gasteiger partial charge >= 0.3 is 0 Å². The lowest BCUT2D eigenvalue weighted by molar-refractivity contribution is 0.287. The second-order valence-electron chi connectivity index (χ2n) is 5.69. The summed E-state index contributed by atoms with van der Waals surface area (Å²) in [5.41, 5.74) is 5.08.